The summed E-state index contributed by atoms with van der Waals surface area (Å²) < 4.78 is 27.7. The molecule has 0 heterocycles. The Kier molecular flexibility index (Phi) is 4.76. The van der Waals surface area contributed by atoms with Crippen molar-refractivity contribution in [3.05, 3.63) is 29.8 Å². The summed E-state index contributed by atoms with van der Waals surface area (Å²) in [5.41, 5.74) is 1.09. The third kappa shape index (κ3) is 4.05. The lowest BCUT2D eigenvalue weighted by molar-refractivity contribution is 0.553. The first kappa shape index (κ1) is 16.5. The lowest BCUT2D eigenvalue weighted by Crippen LogP contribution is -2.28. The second kappa shape index (κ2) is 6.07. The van der Waals surface area contributed by atoms with Crippen molar-refractivity contribution in [3.63, 3.8) is 0 Å². The summed E-state index contributed by atoms with van der Waals surface area (Å²) in [5.74, 6) is 0. The van der Waals surface area contributed by atoms with Gasteiger partial charge in [-0.1, -0.05) is 32.9 Å². The van der Waals surface area contributed by atoms with E-state index in [1.165, 1.54) is 0 Å². The van der Waals surface area contributed by atoms with Crippen LogP contribution in [-0.4, -0.2) is 21.0 Å². The van der Waals surface area contributed by atoms with Crippen LogP contribution in [-0.2, 0) is 10.0 Å². The van der Waals surface area contributed by atoms with Crippen molar-refractivity contribution in [1.29, 1.82) is 0 Å². The largest absolute Gasteiger partial charge is 0.310 e. The van der Waals surface area contributed by atoms with Crippen molar-refractivity contribution in [3.8, 4) is 0 Å². The maximum absolute atomic E-state index is 12.4. The zero-order valence-corrected chi connectivity index (χ0v) is 14.1. The normalized spacial score (nSPS) is 22.0. The molecule has 1 aliphatic carbocycles. The Hall–Kier alpha value is -0.910. The number of nitrogens with one attached hydrogen (secondary N) is 2. The van der Waals surface area contributed by atoms with Gasteiger partial charge in [-0.15, -0.1) is 0 Å². The van der Waals surface area contributed by atoms with E-state index in [2.05, 4.69) is 37.7 Å². The Morgan fingerprint density at radius 2 is 2.05 bits per heavy atom. The number of benzene rings is 1. The maximum Gasteiger partial charge on any atom is 0.240 e. The molecule has 2 unspecified atom stereocenters. The van der Waals surface area contributed by atoms with E-state index in [0.29, 0.717) is 4.90 Å². The second-order valence-corrected chi connectivity index (χ2v) is 8.33. The predicted molar refractivity (Wildman–Crippen MR) is 85.7 cm³/mol. The molecule has 0 amide bonds. The van der Waals surface area contributed by atoms with Crippen LogP contribution >= 0.6 is 0 Å². The molecule has 0 aromatic heterocycles. The fraction of sp³-hybridized carbons (Fsp3) is 0.625. The molecule has 5 heteroatoms. The Bertz CT molecular complexity index is 596. The van der Waals surface area contributed by atoms with Gasteiger partial charge < -0.3 is 5.32 Å². The highest BCUT2D eigenvalue weighted by atomic mass is 32.2. The minimum atomic E-state index is -3.42. The summed E-state index contributed by atoms with van der Waals surface area (Å²) in [7, 11) is -3.42. The summed E-state index contributed by atoms with van der Waals surface area (Å²) in [6.45, 7) is 9.24. The first-order chi connectivity index (χ1) is 9.76. The highest BCUT2D eigenvalue weighted by Crippen LogP contribution is 2.45. The molecule has 21 heavy (non-hydrogen) atoms. The number of hydrogen-bond acceptors (Lipinski definition) is 3. The smallest absolute Gasteiger partial charge is 0.240 e. The van der Waals surface area contributed by atoms with E-state index >= 15 is 0 Å². The van der Waals surface area contributed by atoms with Crippen molar-refractivity contribution in [2.45, 2.75) is 57.5 Å². The molecule has 1 aliphatic rings. The van der Waals surface area contributed by atoms with Crippen molar-refractivity contribution < 1.29 is 8.42 Å². The van der Waals surface area contributed by atoms with Crippen LogP contribution in [0.5, 0.6) is 0 Å². The highest BCUT2D eigenvalue weighted by Gasteiger charge is 2.47. The molecule has 0 radical (unpaired) electrons. The van der Waals surface area contributed by atoms with Gasteiger partial charge in [0, 0.05) is 12.1 Å². The summed E-state index contributed by atoms with van der Waals surface area (Å²) in [4.78, 5) is 0.354. The van der Waals surface area contributed by atoms with Gasteiger partial charge in [0.25, 0.3) is 0 Å². The summed E-state index contributed by atoms with van der Waals surface area (Å²) in [5, 5.41) is 3.38. The molecule has 1 saturated carbocycles. The van der Waals surface area contributed by atoms with Crippen molar-refractivity contribution >= 4 is 10.0 Å². The molecule has 0 aliphatic heterocycles. The van der Waals surface area contributed by atoms with Gasteiger partial charge in [0.05, 0.1) is 4.90 Å². The Morgan fingerprint density at radius 1 is 1.38 bits per heavy atom. The van der Waals surface area contributed by atoms with Gasteiger partial charge in [0.2, 0.25) is 10.0 Å². The van der Waals surface area contributed by atoms with E-state index in [-0.39, 0.29) is 17.5 Å². The topological polar surface area (TPSA) is 58.2 Å². The van der Waals surface area contributed by atoms with E-state index in [4.69, 9.17) is 0 Å². The summed E-state index contributed by atoms with van der Waals surface area (Å²) in [6.07, 6.45) is 1.96. The average molecular weight is 310 g/mol. The molecular formula is C16H26N2O2S. The van der Waals surface area contributed by atoms with Gasteiger partial charge in [-0.05, 0) is 49.4 Å². The summed E-state index contributed by atoms with van der Waals surface area (Å²) >= 11 is 0. The fourth-order valence-electron chi connectivity index (χ4n) is 2.35. The average Bonchev–Trinajstić information content (AvgIpc) is 3.02. The zero-order valence-electron chi connectivity index (χ0n) is 13.3. The van der Waals surface area contributed by atoms with Crippen LogP contribution in [0.15, 0.2) is 29.2 Å². The van der Waals surface area contributed by atoms with E-state index in [1.807, 2.05) is 12.1 Å². The van der Waals surface area contributed by atoms with Gasteiger partial charge >= 0.3 is 0 Å². The van der Waals surface area contributed by atoms with Crippen LogP contribution in [0.1, 0.15) is 52.1 Å². The number of rotatable bonds is 7. The molecule has 1 aromatic carbocycles. The molecular weight excluding hydrogens is 284 g/mol. The standard InChI is InChI=1S/C16H26N2O2S/c1-5-9-17-12(2)13-7-6-8-14(10-13)21(19,20)18-15-11-16(15,3)4/h6-8,10,12,15,17-18H,5,9,11H2,1-4H3. The van der Waals surface area contributed by atoms with Gasteiger partial charge in [0.1, 0.15) is 0 Å². The van der Waals surface area contributed by atoms with Crippen LogP contribution in [0.4, 0.5) is 0 Å². The van der Waals surface area contributed by atoms with E-state index in [0.717, 1.165) is 24.9 Å². The summed E-state index contributed by atoms with van der Waals surface area (Å²) in [6, 6.07) is 7.41. The van der Waals surface area contributed by atoms with E-state index in [9.17, 15) is 8.42 Å². The molecule has 2 N–H and O–H groups in total. The molecule has 0 saturated heterocycles. The Balaban J connectivity index is 2.13. The van der Waals surface area contributed by atoms with Crippen LogP contribution in [0.2, 0.25) is 0 Å². The van der Waals surface area contributed by atoms with Gasteiger partial charge in [-0.25, -0.2) is 13.1 Å². The molecule has 0 spiro atoms. The minimum Gasteiger partial charge on any atom is -0.310 e. The minimum absolute atomic E-state index is 0.0572. The van der Waals surface area contributed by atoms with E-state index < -0.39 is 10.0 Å². The SMILES string of the molecule is CCCNC(C)c1cccc(S(=O)(=O)NC2CC2(C)C)c1. The molecule has 2 rings (SSSR count). The number of sulfonamides is 1. The molecule has 0 bridgehead atoms. The van der Waals surface area contributed by atoms with E-state index in [1.54, 1.807) is 12.1 Å². The van der Waals surface area contributed by atoms with Crippen LogP contribution < -0.4 is 10.0 Å². The van der Waals surface area contributed by atoms with Crippen LogP contribution in [0, 0.1) is 5.41 Å². The molecule has 1 aromatic rings. The third-order valence-corrected chi connectivity index (χ3v) is 5.65. The molecule has 118 valence electrons. The fourth-order valence-corrected chi connectivity index (χ4v) is 3.82. The zero-order chi connectivity index (χ0) is 15.7. The first-order valence-corrected chi connectivity index (χ1v) is 9.10. The molecule has 4 nitrogen and oxygen atoms in total. The second-order valence-electron chi connectivity index (χ2n) is 6.61. The lowest BCUT2D eigenvalue weighted by atomic mass is 10.1. The lowest BCUT2D eigenvalue weighted by Gasteiger charge is -2.15. The van der Waals surface area contributed by atoms with Crippen molar-refractivity contribution in [2.24, 2.45) is 5.41 Å². The Labute approximate surface area is 128 Å². The highest BCUT2D eigenvalue weighted by molar-refractivity contribution is 7.89. The first-order valence-electron chi connectivity index (χ1n) is 7.62. The molecule has 2 atom stereocenters. The quantitative estimate of drug-likeness (QED) is 0.814. The van der Waals surface area contributed by atoms with Crippen LogP contribution in [0.25, 0.3) is 0 Å². The number of hydrogen-bond donors (Lipinski definition) is 2. The van der Waals surface area contributed by atoms with Gasteiger partial charge in [-0.2, -0.15) is 0 Å². The maximum atomic E-state index is 12.4. The predicted octanol–water partition coefficient (Wildman–Crippen LogP) is 2.82. The van der Waals surface area contributed by atoms with Crippen LogP contribution in [0.3, 0.4) is 0 Å². The van der Waals surface area contributed by atoms with Gasteiger partial charge in [0.15, 0.2) is 0 Å². The van der Waals surface area contributed by atoms with Gasteiger partial charge in [-0.3, -0.25) is 0 Å². The molecule has 1 fully saturated rings. The van der Waals surface area contributed by atoms with Crippen molar-refractivity contribution in [2.75, 3.05) is 6.54 Å². The van der Waals surface area contributed by atoms with Crippen molar-refractivity contribution in [1.82, 2.24) is 10.0 Å². The monoisotopic (exact) mass is 310 g/mol. The Morgan fingerprint density at radius 3 is 2.62 bits per heavy atom. The third-order valence-electron chi connectivity index (χ3n) is 4.18.